The molecule has 140 valence electrons. The Balaban J connectivity index is 1.55. The molecule has 9 heteroatoms. The zero-order chi connectivity index (χ0) is 18.5. The summed E-state index contributed by atoms with van der Waals surface area (Å²) in [5.74, 6) is -0.114. The second-order valence-electron chi connectivity index (χ2n) is 7.07. The van der Waals surface area contributed by atoms with Gasteiger partial charge in [0.2, 0.25) is 0 Å². The monoisotopic (exact) mass is 394 g/mol. The van der Waals surface area contributed by atoms with Gasteiger partial charge in [-0.15, -0.1) is 4.40 Å². The maximum Gasteiger partial charge on any atom is 0.265 e. The number of nitrogens with zero attached hydrogens (tertiary/aromatic N) is 3. The van der Waals surface area contributed by atoms with Crippen LogP contribution in [-0.2, 0) is 10.0 Å². The summed E-state index contributed by atoms with van der Waals surface area (Å²) in [7, 11) is -3.37. The van der Waals surface area contributed by atoms with Crippen molar-refractivity contribution in [3.05, 3.63) is 23.8 Å². The van der Waals surface area contributed by atoms with Crippen LogP contribution in [0.4, 0.5) is 5.69 Å². The summed E-state index contributed by atoms with van der Waals surface area (Å²) >= 11 is 1.30. The lowest BCUT2D eigenvalue weighted by atomic mass is 10.00. The van der Waals surface area contributed by atoms with Gasteiger partial charge in [0, 0.05) is 29.1 Å². The molecule has 0 radical (unpaired) electrons. The topological polar surface area (TPSA) is 82.1 Å². The molecule has 3 aliphatic heterocycles. The first-order valence-corrected chi connectivity index (χ1v) is 11.3. The number of amidine groups is 1. The highest BCUT2D eigenvalue weighted by molar-refractivity contribution is 8.15. The first-order chi connectivity index (χ1) is 12.3. The third-order valence-corrected chi connectivity index (χ3v) is 7.47. The van der Waals surface area contributed by atoms with Gasteiger partial charge in [0.25, 0.3) is 15.9 Å². The van der Waals surface area contributed by atoms with Crippen molar-refractivity contribution in [1.82, 2.24) is 10.4 Å². The average molecular weight is 395 g/mol. The molecular weight excluding hydrogens is 372 g/mol. The predicted molar refractivity (Wildman–Crippen MR) is 103 cm³/mol. The Morgan fingerprint density at radius 2 is 2.00 bits per heavy atom. The van der Waals surface area contributed by atoms with Crippen LogP contribution in [0.15, 0.2) is 27.5 Å². The number of sulfonamides is 1. The van der Waals surface area contributed by atoms with E-state index < -0.39 is 10.0 Å². The Bertz CT molecular complexity index is 874. The number of hydrazine groups is 1. The highest BCUT2D eigenvalue weighted by Gasteiger charge is 2.34. The molecule has 3 heterocycles. The number of thioether (sulfide) groups is 1. The van der Waals surface area contributed by atoms with Gasteiger partial charge in [-0.25, -0.2) is 13.4 Å². The lowest BCUT2D eigenvalue weighted by Crippen LogP contribution is -2.54. The number of benzene rings is 1. The van der Waals surface area contributed by atoms with Gasteiger partial charge in [0.05, 0.1) is 11.4 Å². The Hall–Kier alpha value is -1.58. The lowest BCUT2D eigenvalue weighted by Gasteiger charge is -2.38. The van der Waals surface area contributed by atoms with Crippen LogP contribution in [0.5, 0.6) is 0 Å². The fourth-order valence-corrected chi connectivity index (χ4v) is 5.99. The summed E-state index contributed by atoms with van der Waals surface area (Å²) in [6, 6.07) is 6.13. The second-order valence-corrected chi connectivity index (χ2v) is 9.84. The van der Waals surface area contributed by atoms with Gasteiger partial charge in [-0.3, -0.25) is 10.2 Å². The van der Waals surface area contributed by atoms with Crippen LogP contribution in [0, 0.1) is 0 Å². The highest BCUT2D eigenvalue weighted by atomic mass is 32.2. The van der Waals surface area contributed by atoms with Gasteiger partial charge in [0.1, 0.15) is 0 Å². The van der Waals surface area contributed by atoms with E-state index in [4.69, 9.17) is 0 Å². The number of carbonyl (C=O) groups excluding carboxylic acids is 1. The second kappa shape index (κ2) is 6.54. The smallest absolute Gasteiger partial charge is 0.265 e. The van der Waals surface area contributed by atoms with E-state index >= 15 is 0 Å². The number of rotatable bonds is 2. The molecule has 1 saturated heterocycles. The van der Waals surface area contributed by atoms with Gasteiger partial charge in [-0.1, -0.05) is 6.42 Å². The van der Waals surface area contributed by atoms with E-state index in [1.165, 1.54) is 18.2 Å². The minimum Gasteiger partial charge on any atom is -0.318 e. The predicted octanol–water partition coefficient (Wildman–Crippen LogP) is 2.21. The average Bonchev–Trinajstić information content (AvgIpc) is 2.93. The molecule has 3 aliphatic rings. The summed E-state index contributed by atoms with van der Waals surface area (Å²) in [5, 5.41) is 2.52. The van der Waals surface area contributed by atoms with E-state index in [0.29, 0.717) is 29.4 Å². The number of hydrogen-bond acceptors (Lipinski definition) is 6. The van der Waals surface area contributed by atoms with Gasteiger partial charge < -0.3 is 4.90 Å². The van der Waals surface area contributed by atoms with Crippen LogP contribution in [0.25, 0.3) is 0 Å². The fraction of sp³-hybridized carbons (Fsp3) is 0.529. The molecule has 1 aromatic rings. The number of fused-ring (bicyclic) bond motifs is 3. The van der Waals surface area contributed by atoms with Crippen molar-refractivity contribution in [2.75, 3.05) is 17.2 Å². The summed E-state index contributed by atoms with van der Waals surface area (Å²) in [6.45, 7) is 4.66. The van der Waals surface area contributed by atoms with Crippen LogP contribution >= 0.6 is 11.8 Å². The molecule has 0 aliphatic carbocycles. The Kier molecular flexibility index (Phi) is 4.48. The van der Waals surface area contributed by atoms with E-state index in [0.717, 1.165) is 23.4 Å². The van der Waals surface area contributed by atoms with E-state index in [2.05, 4.69) is 23.7 Å². The van der Waals surface area contributed by atoms with Crippen molar-refractivity contribution in [1.29, 1.82) is 0 Å². The summed E-state index contributed by atoms with van der Waals surface area (Å²) in [4.78, 5) is 15.5. The highest BCUT2D eigenvalue weighted by Crippen LogP contribution is 2.42. The molecule has 7 nitrogen and oxygen atoms in total. The SMILES string of the molecule is CC1CCCC(C)N1NC(=O)c1ccc2c(c1)SC1=NS(=O)(=O)CCN12. The maximum atomic E-state index is 12.7. The van der Waals surface area contributed by atoms with Gasteiger partial charge in [-0.05, 0) is 56.7 Å². The Morgan fingerprint density at radius 3 is 2.73 bits per heavy atom. The molecule has 2 atom stereocenters. The number of hydrogen-bond donors (Lipinski definition) is 1. The molecule has 1 amide bonds. The summed E-state index contributed by atoms with van der Waals surface area (Å²) in [6.07, 6.45) is 3.34. The van der Waals surface area contributed by atoms with Crippen LogP contribution in [0.1, 0.15) is 43.5 Å². The normalized spacial score (nSPS) is 27.5. The molecule has 0 saturated carbocycles. The largest absolute Gasteiger partial charge is 0.318 e. The zero-order valence-electron chi connectivity index (χ0n) is 14.8. The first-order valence-electron chi connectivity index (χ1n) is 8.85. The molecule has 4 rings (SSSR count). The van der Waals surface area contributed by atoms with Crippen molar-refractivity contribution in [2.45, 2.75) is 50.1 Å². The molecular formula is C17H22N4O3S2. The third-order valence-electron chi connectivity index (χ3n) is 5.16. The molecule has 0 bridgehead atoms. The first kappa shape index (κ1) is 17.8. The summed E-state index contributed by atoms with van der Waals surface area (Å²) < 4.78 is 27.3. The molecule has 1 fully saturated rings. The van der Waals surface area contributed by atoms with Gasteiger partial charge >= 0.3 is 0 Å². The van der Waals surface area contributed by atoms with Crippen LogP contribution < -0.4 is 10.3 Å². The van der Waals surface area contributed by atoms with E-state index in [1.807, 2.05) is 22.0 Å². The molecule has 1 N–H and O–H groups in total. The van der Waals surface area contributed by atoms with E-state index in [9.17, 15) is 13.2 Å². The number of nitrogens with one attached hydrogen (secondary N) is 1. The maximum absolute atomic E-state index is 12.7. The Morgan fingerprint density at radius 1 is 1.27 bits per heavy atom. The number of anilines is 1. The lowest BCUT2D eigenvalue weighted by molar-refractivity contribution is 0.0369. The van der Waals surface area contributed by atoms with Crippen molar-refractivity contribution in [3.63, 3.8) is 0 Å². The zero-order valence-corrected chi connectivity index (χ0v) is 16.4. The van der Waals surface area contributed by atoms with Gasteiger partial charge in [-0.2, -0.15) is 0 Å². The van der Waals surface area contributed by atoms with Crippen LogP contribution in [0.2, 0.25) is 0 Å². The number of carbonyl (C=O) groups is 1. The van der Waals surface area contributed by atoms with Crippen molar-refractivity contribution in [2.24, 2.45) is 4.40 Å². The summed E-state index contributed by atoms with van der Waals surface area (Å²) in [5.41, 5.74) is 4.54. The Labute approximate surface area is 157 Å². The quantitative estimate of drug-likeness (QED) is 0.828. The molecule has 0 spiro atoms. The molecule has 26 heavy (non-hydrogen) atoms. The van der Waals surface area contributed by atoms with E-state index in [1.54, 1.807) is 6.07 Å². The molecule has 0 aromatic heterocycles. The fourth-order valence-electron chi connectivity index (χ4n) is 3.70. The van der Waals surface area contributed by atoms with Crippen LogP contribution in [0.3, 0.4) is 0 Å². The number of piperidine rings is 1. The third kappa shape index (κ3) is 3.23. The van der Waals surface area contributed by atoms with E-state index in [-0.39, 0.29) is 11.7 Å². The number of amides is 1. The minimum atomic E-state index is -3.37. The standard InChI is InChI=1S/C17H22N4O3S2/c1-11-4-3-5-12(2)21(11)18-16(22)13-6-7-14-15(10-13)25-17-19-26(23,24)9-8-20(14)17/h6-7,10-12H,3-5,8-9H2,1-2H3,(H,18,22). The van der Waals surface area contributed by atoms with Gasteiger partial charge in [0.15, 0.2) is 5.17 Å². The minimum absolute atomic E-state index is 0.0173. The van der Waals surface area contributed by atoms with Crippen molar-refractivity contribution >= 4 is 38.5 Å². The van der Waals surface area contributed by atoms with Crippen molar-refractivity contribution in [3.8, 4) is 0 Å². The molecule has 2 unspecified atom stereocenters. The van der Waals surface area contributed by atoms with Crippen LogP contribution in [-0.4, -0.2) is 48.9 Å². The van der Waals surface area contributed by atoms with Crippen molar-refractivity contribution < 1.29 is 13.2 Å². The molecule has 1 aromatic carbocycles.